The van der Waals surface area contributed by atoms with Gasteiger partial charge in [-0.15, -0.1) is 0 Å². The van der Waals surface area contributed by atoms with Gasteiger partial charge in [0.15, 0.2) is 0 Å². The molecule has 0 aromatic rings. The number of aliphatic imine (C=N–C) groups is 1. The molecule has 2 unspecified atom stereocenters. The maximum atomic E-state index is 12.2. The SMILES string of the molecule is CCCCCCC(CC)CN(/C=C\N(CC)/C(C)=C\CN=CC(C)CC)C(C)=O. The molecule has 0 aliphatic heterocycles. The number of hydrogen-bond acceptors (Lipinski definition) is 3. The minimum atomic E-state index is 0.115. The van der Waals surface area contributed by atoms with Crippen LogP contribution in [0.2, 0.25) is 0 Å². The van der Waals surface area contributed by atoms with E-state index in [0.29, 0.717) is 18.4 Å². The van der Waals surface area contributed by atoms with Crippen LogP contribution in [0.1, 0.15) is 93.4 Å². The third-order valence-electron chi connectivity index (χ3n) is 5.62. The molecule has 2 atom stereocenters. The molecule has 0 saturated carbocycles. The topological polar surface area (TPSA) is 35.9 Å². The number of carbonyl (C=O) groups excluding carboxylic acids is 1. The Morgan fingerprint density at radius 2 is 1.66 bits per heavy atom. The number of allylic oxidation sites excluding steroid dienone is 1. The number of rotatable bonds is 16. The molecule has 29 heavy (non-hydrogen) atoms. The Morgan fingerprint density at radius 3 is 2.21 bits per heavy atom. The number of nitrogens with zero attached hydrogens (tertiary/aromatic N) is 3. The van der Waals surface area contributed by atoms with Gasteiger partial charge in [-0.1, -0.05) is 59.8 Å². The lowest BCUT2D eigenvalue weighted by molar-refractivity contribution is -0.126. The van der Waals surface area contributed by atoms with Crippen molar-refractivity contribution in [1.29, 1.82) is 0 Å². The molecule has 4 nitrogen and oxygen atoms in total. The Bertz CT molecular complexity index is 510. The molecule has 0 rings (SSSR count). The number of carbonyl (C=O) groups is 1. The van der Waals surface area contributed by atoms with Crippen LogP contribution >= 0.6 is 0 Å². The summed E-state index contributed by atoms with van der Waals surface area (Å²) in [6.07, 6.45) is 16.8. The van der Waals surface area contributed by atoms with Crippen molar-refractivity contribution in [2.75, 3.05) is 19.6 Å². The molecule has 168 valence electrons. The second-order valence-electron chi connectivity index (χ2n) is 8.12. The van der Waals surface area contributed by atoms with Crippen molar-refractivity contribution < 1.29 is 4.79 Å². The fraction of sp³-hybridized carbons (Fsp3) is 0.760. The number of hydrogen-bond donors (Lipinski definition) is 0. The summed E-state index contributed by atoms with van der Waals surface area (Å²) in [4.78, 5) is 20.7. The van der Waals surface area contributed by atoms with Crippen LogP contribution in [0, 0.1) is 11.8 Å². The van der Waals surface area contributed by atoms with Gasteiger partial charge in [0.05, 0.1) is 6.54 Å². The summed E-state index contributed by atoms with van der Waals surface area (Å²) in [6, 6.07) is 0. The molecular weight excluding hydrogens is 358 g/mol. The van der Waals surface area contributed by atoms with Crippen LogP contribution < -0.4 is 0 Å². The van der Waals surface area contributed by atoms with Crippen molar-refractivity contribution in [1.82, 2.24) is 9.80 Å². The Balaban J connectivity index is 4.86. The van der Waals surface area contributed by atoms with Gasteiger partial charge in [-0.3, -0.25) is 9.79 Å². The summed E-state index contributed by atoms with van der Waals surface area (Å²) < 4.78 is 0. The van der Waals surface area contributed by atoms with Crippen molar-refractivity contribution in [3.05, 3.63) is 24.2 Å². The first-order valence-corrected chi connectivity index (χ1v) is 11.8. The van der Waals surface area contributed by atoms with Crippen LogP contribution in [0.5, 0.6) is 0 Å². The van der Waals surface area contributed by atoms with Crippen LogP contribution in [-0.2, 0) is 4.79 Å². The highest BCUT2D eigenvalue weighted by atomic mass is 16.2. The van der Waals surface area contributed by atoms with Crippen LogP contribution in [0.15, 0.2) is 29.2 Å². The second kappa shape index (κ2) is 17.3. The van der Waals surface area contributed by atoms with Crippen molar-refractivity contribution in [3.8, 4) is 0 Å². The molecule has 0 radical (unpaired) electrons. The predicted octanol–water partition coefficient (Wildman–Crippen LogP) is 6.65. The van der Waals surface area contributed by atoms with E-state index in [1.165, 1.54) is 37.8 Å². The highest BCUT2D eigenvalue weighted by molar-refractivity contribution is 5.74. The molecule has 0 N–H and O–H groups in total. The zero-order valence-electron chi connectivity index (χ0n) is 20.3. The maximum absolute atomic E-state index is 12.2. The van der Waals surface area contributed by atoms with Gasteiger partial charge >= 0.3 is 0 Å². The fourth-order valence-corrected chi connectivity index (χ4v) is 3.14. The Kier molecular flexibility index (Phi) is 16.4. The average Bonchev–Trinajstić information content (AvgIpc) is 2.71. The lowest BCUT2D eigenvalue weighted by Crippen LogP contribution is -2.30. The molecule has 0 fully saturated rings. The molecule has 0 heterocycles. The summed E-state index contributed by atoms with van der Waals surface area (Å²) >= 11 is 0. The first kappa shape index (κ1) is 27.4. The van der Waals surface area contributed by atoms with Crippen LogP contribution in [0.4, 0.5) is 0 Å². The minimum Gasteiger partial charge on any atom is -0.351 e. The smallest absolute Gasteiger partial charge is 0.223 e. The van der Waals surface area contributed by atoms with E-state index in [4.69, 9.17) is 0 Å². The van der Waals surface area contributed by atoms with Crippen LogP contribution in [-0.4, -0.2) is 41.6 Å². The fourth-order valence-electron chi connectivity index (χ4n) is 3.14. The second-order valence-corrected chi connectivity index (χ2v) is 8.12. The summed E-state index contributed by atoms with van der Waals surface area (Å²) in [6.45, 7) is 17.1. The average molecular weight is 406 g/mol. The first-order chi connectivity index (χ1) is 13.9. The van der Waals surface area contributed by atoms with Gasteiger partial charge in [0, 0.05) is 44.3 Å². The molecule has 0 bridgehead atoms. The maximum Gasteiger partial charge on any atom is 0.223 e. The molecule has 0 aromatic heterocycles. The Hall–Kier alpha value is -1.58. The third-order valence-corrected chi connectivity index (χ3v) is 5.62. The molecule has 0 aliphatic rings. The van der Waals surface area contributed by atoms with Gasteiger partial charge < -0.3 is 9.80 Å². The molecule has 4 heteroatoms. The monoisotopic (exact) mass is 405 g/mol. The van der Waals surface area contributed by atoms with Crippen molar-refractivity contribution in [3.63, 3.8) is 0 Å². The summed E-state index contributed by atoms with van der Waals surface area (Å²) in [7, 11) is 0. The lowest BCUT2D eigenvalue weighted by atomic mass is 9.97. The van der Waals surface area contributed by atoms with E-state index < -0.39 is 0 Å². The summed E-state index contributed by atoms with van der Waals surface area (Å²) in [5.74, 6) is 1.22. The highest BCUT2D eigenvalue weighted by Gasteiger charge is 2.13. The molecule has 0 aliphatic carbocycles. The lowest BCUT2D eigenvalue weighted by Gasteiger charge is -2.25. The zero-order chi connectivity index (χ0) is 22.1. The van der Waals surface area contributed by atoms with Gasteiger partial charge in [-0.05, 0) is 44.6 Å². The van der Waals surface area contributed by atoms with E-state index in [0.717, 1.165) is 25.9 Å². The van der Waals surface area contributed by atoms with Gasteiger partial charge in [0.2, 0.25) is 5.91 Å². The van der Waals surface area contributed by atoms with E-state index in [1.807, 2.05) is 23.5 Å². The number of unbranched alkanes of at least 4 members (excludes halogenated alkanes) is 3. The van der Waals surface area contributed by atoms with E-state index in [9.17, 15) is 4.79 Å². The van der Waals surface area contributed by atoms with Gasteiger partial charge in [0.1, 0.15) is 0 Å². The number of amides is 1. The molecule has 0 spiro atoms. The zero-order valence-corrected chi connectivity index (χ0v) is 20.3. The highest BCUT2D eigenvalue weighted by Crippen LogP contribution is 2.17. The Morgan fingerprint density at radius 1 is 0.966 bits per heavy atom. The first-order valence-electron chi connectivity index (χ1n) is 11.8. The summed E-state index contributed by atoms with van der Waals surface area (Å²) in [5.41, 5.74) is 1.17. The van der Waals surface area contributed by atoms with Crippen molar-refractivity contribution >= 4 is 12.1 Å². The molecule has 1 amide bonds. The van der Waals surface area contributed by atoms with E-state index >= 15 is 0 Å². The van der Waals surface area contributed by atoms with E-state index in [2.05, 4.69) is 57.5 Å². The third kappa shape index (κ3) is 13.3. The van der Waals surface area contributed by atoms with E-state index in [1.54, 1.807) is 6.92 Å². The normalized spacial score (nSPS) is 14.5. The van der Waals surface area contributed by atoms with Crippen molar-refractivity contribution in [2.24, 2.45) is 16.8 Å². The van der Waals surface area contributed by atoms with Crippen LogP contribution in [0.3, 0.4) is 0 Å². The quantitative estimate of drug-likeness (QED) is 0.213. The molecule has 0 saturated heterocycles. The van der Waals surface area contributed by atoms with Crippen LogP contribution in [0.25, 0.3) is 0 Å². The molecular formula is C25H47N3O. The standard InChI is InChI=1S/C25H47N3O/c1-8-12-13-14-15-25(10-3)21-28(24(7)29)19-18-27(11-4)23(6)16-17-26-20-22(5)9-2/h16,18-20,22,25H,8-15,17,21H2,1-7H3/b19-18-,23-16-,26-20?. The minimum absolute atomic E-state index is 0.115. The van der Waals surface area contributed by atoms with E-state index in [-0.39, 0.29) is 5.91 Å². The Labute approximate surface area is 181 Å². The van der Waals surface area contributed by atoms with Gasteiger partial charge in [-0.25, -0.2) is 0 Å². The molecule has 0 aromatic carbocycles. The summed E-state index contributed by atoms with van der Waals surface area (Å²) in [5, 5.41) is 0. The van der Waals surface area contributed by atoms with Gasteiger partial charge in [0.25, 0.3) is 0 Å². The van der Waals surface area contributed by atoms with Crippen molar-refractivity contribution in [2.45, 2.75) is 93.4 Å². The van der Waals surface area contributed by atoms with Gasteiger partial charge in [-0.2, -0.15) is 0 Å². The predicted molar refractivity (Wildman–Crippen MR) is 128 cm³/mol. The largest absolute Gasteiger partial charge is 0.351 e.